The molecule has 19 heavy (non-hydrogen) atoms. The van der Waals surface area contributed by atoms with Crippen LogP contribution < -0.4 is 9.64 Å². The number of ether oxygens (including phenoxy) is 2. The lowest BCUT2D eigenvalue weighted by molar-refractivity contribution is 0.0430. The van der Waals surface area contributed by atoms with Gasteiger partial charge in [0.1, 0.15) is 5.75 Å². The molecule has 0 saturated carbocycles. The van der Waals surface area contributed by atoms with Gasteiger partial charge in [-0.2, -0.15) is 0 Å². The van der Waals surface area contributed by atoms with E-state index in [0.29, 0.717) is 0 Å². The first-order valence-electron chi connectivity index (χ1n) is 5.98. The van der Waals surface area contributed by atoms with Crippen LogP contribution in [0.3, 0.4) is 0 Å². The number of carbonyl (C=O) groups excluding carboxylic acids is 1. The van der Waals surface area contributed by atoms with Gasteiger partial charge < -0.3 is 9.47 Å². The molecule has 4 nitrogen and oxygen atoms in total. The van der Waals surface area contributed by atoms with Gasteiger partial charge in [-0.05, 0) is 36.4 Å². The Balaban J connectivity index is 1.87. The summed E-state index contributed by atoms with van der Waals surface area (Å²) in [5.74, 6) is 0.778. The van der Waals surface area contributed by atoms with Crippen molar-refractivity contribution in [2.45, 2.75) is 6.23 Å². The van der Waals surface area contributed by atoms with Crippen molar-refractivity contribution >= 4 is 11.8 Å². The van der Waals surface area contributed by atoms with Crippen molar-refractivity contribution in [1.82, 2.24) is 0 Å². The number of cyclic esters (lactones) is 1. The molecule has 0 bridgehead atoms. The number of carbonyl (C=O) groups is 1. The van der Waals surface area contributed by atoms with Crippen LogP contribution >= 0.6 is 0 Å². The van der Waals surface area contributed by atoms with Gasteiger partial charge in [-0.3, -0.25) is 0 Å². The average Bonchev–Trinajstić information content (AvgIpc) is 2.46. The van der Waals surface area contributed by atoms with Crippen LogP contribution in [0.15, 0.2) is 54.6 Å². The van der Waals surface area contributed by atoms with Crippen molar-refractivity contribution in [2.24, 2.45) is 0 Å². The van der Waals surface area contributed by atoms with Crippen LogP contribution in [0.1, 0.15) is 11.8 Å². The SMILES string of the molecule is COc1ccc(C2OC(=O)N2c2ccccc2)cc1. The maximum absolute atomic E-state index is 11.6. The van der Waals surface area contributed by atoms with Gasteiger partial charge in [-0.1, -0.05) is 18.2 Å². The predicted octanol–water partition coefficient (Wildman–Crippen LogP) is 3.35. The Labute approximate surface area is 111 Å². The number of para-hydroxylation sites is 1. The average molecular weight is 255 g/mol. The highest BCUT2D eigenvalue weighted by molar-refractivity contribution is 5.93. The van der Waals surface area contributed by atoms with E-state index in [1.54, 1.807) is 12.0 Å². The van der Waals surface area contributed by atoms with Crippen LogP contribution in [0.4, 0.5) is 10.5 Å². The first-order chi connectivity index (χ1) is 9.29. The van der Waals surface area contributed by atoms with Crippen molar-refractivity contribution in [3.05, 3.63) is 60.2 Å². The summed E-state index contributed by atoms with van der Waals surface area (Å²) in [5.41, 5.74) is 1.75. The van der Waals surface area contributed by atoms with Crippen LogP contribution in [0.25, 0.3) is 0 Å². The lowest BCUT2D eigenvalue weighted by Crippen LogP contribution is -2.48. The minimum absolute atomic E-state index is 0.327. The summed E-state index contributed by atoms with van der Waals surface area (Å²) in [6, 6.07) is 17.0. The molecule has 1 heterocycles. The minimum Gasteiger partial charge on any atom is -0.497 e. The van der Waals surface area contributed by atoms with Crippen molar-refractivity contribution in [3.8, 4) is 5.75 Å². The number of rotatable bonds is 3. The van der Waals surface area contributed by atoms with Crippen LogP contribution in [0, 0.1) is 0 Å². The zero-order chi connectivity index (χ0) is 13.2. The molecule has 0 aliphatic carbocycles. The number of hydrogen-bond acceptors (Lipinski definition) is 3. The van der Waals surface area contributed by atoms with Crippen LogP contribution in [-0.2, 0) is 4.74 Å². The molecule has 2 aromatic rings. The summed E-state index contributed by atoms with van der Waals surface area (Å²) in [7, 11) is 1.62. The second-order valence-electron chi connectivity index (χ2n) is 4.21. The number of hydrogen-bond donors (Lipinski definition) is 0. The van der Waals surface area contributed by atoms with Gasteiger partial charge >= 0.3 is 6.09 Å². The fraction of sp³-hybridized carbons (Fsp3) is 0.133. The van der Waals surface area contributed by atoms with Crippen LogP contribution in [-0.4, -0.2) is 13.2 Å². The quantitative estimate of drug-likeness (QED) is 0.844. The van der Waals surface area contributed by atoms with E-state index in [1.165, 1.54) is 0 Å². The van der Waals surface area contributed by atoms with Crippen LogP contribution in [0.5, 0.6) is 5.75 Å². The number of amides is 1. The Kier molecular flexibility index (Phi) is 2.83. The Hall–Kier alpha value is -2.49. The van der Waals surface area contributed by atoms with Crippen molar-refractivity contribution < 1.29 is 14.3 Å². The number of benzene rings is 2. The van der Waals surface area contributed by atoms with Crippen molar-refractivity contribution in [3.63, 3.8) is 0 Å². The van der Waals surface area contributed by atoms with E-state index in [0.717, 1.165) is 17.0 Å². The van der Waals surface area contributed by atoms with Gasteiger partial charge in [-0.25, -0.2) is 9.69 Å². The van der Waals surface area contributed by atoms with Gasteiger partial charge in [0, 0.05) is 5.56 Å². The Bertz CT molecular complexity index is 580. The summed E-state index contributed by atoms with van der Waals surface area (Å²) in [5, 5.41) is 0. The Morgan fingerprint density at radius 2 is 1.74 bits per heavy atom. The Morgan fingerprint density at radius 1 is 1.05 bits per heavy atom. The molecule has 1 atom stereocenters. The molecular weight excluding hydrogens is 242 g/mol. The van der Waals surface area contributed by atoms with Gasteiger partial charge in [0.15, 0.2) is 0 Å². The molecule has 3 rings (SSSR count). The highest BCUT2D eigenvalue weighted by Crippen LogP contribution is 2.37. The molecule has 0 spiro atoms. The van der Waals surface area contributed by atoms with E-state index in [4.69, 9.17) is 9.47 Å². The number of nitrogens with zero attached hydrogens (tertiary/aromatic N) is 1. The molecule has 1 aliphatic rings. The van der Waals surface area contributed by atoms with Gasteiger partial charge in [0.05, 0.1) is 12.8 Å². The number of methoxy groups -OCH3 is 1. The second kappa shape index (κ2) is 4.65. The summed E-state index contributed by atoms with van der Waals surface area (Å²) in [4.78, 5) is 13.2. The lowest BCUT2D eigenvalue weighted by Gasteiger charge is -2.39. The zero-order valence-corrected chi connectivity index (χ0v) is 10.4. The first kappa shape index (κ1) is 11.6. The molecule has 4 heteroatoms. The topological polar surface area (TPSA) is 38.8 Å². The highest BCUT2D eigenvalue weighted by atomic mass is 16.6. The summed E-state index contributed by atoms with van der Waals surface area (Å²) >= 11 is 0. The third kappa shape index (κ3) is 2.01. The molecule has 0 N–H and O–H groups in total. The third-order valence-electron chi connectivity index (χ3n) is 3.08. The highest BCUT2D eigenvalue weighted by Gasteiger charge is 2.40. The van der Waals surface area contributed by atoms with Crippen LogP contribution in [0.2, 0.25) is 0 Å². The molecule has 0 aromatic heterocycles. The molecule has 96 valence electrons. The first-order valence-corrected chi connectivity index (χ1v) is 5.98. The molecule has 1 saturated heterocycles. The van der Waals surface area contributed by atoms with Gasteiger partial charge in [0.25, 0.3) is 0 Å². The fourth-order valence-corrected chi connectivity index (χ4v) is 2.07. The largest absolute Gasteiger partial charge is 0.497 e. The molecule has 0 radical (unpaired) electrons. The Morgan fingerprint density at radius 3 is 2.32 bits per heavy atom. The fourth-order valence-electron chi connectivity index (χ4n) is 2.07. The molecule has 1 aliphatic heterocycles. The third-order valence-corrected chi connectivity index (χ3v) is 3.08. The van der Waals surface area contributed by atoms with E-state index in [2.05, 4.69) is 0 Å². The number of anilines is 1. The van der Waals surface area contributed by atoms with Crippen molar-refractivity contribution in [2.75, 3.05) is 12.0 Å². The van der Waals surface area contributed by atoms with Gasteiger partial charge in [-0.15, -0.1) is 0 Å². The summed E-state index contributed by atoms with van der Waals surface area (Å²) < 4.78 is 10.3. The van der Waals surface area contributed by atoms with E-state index < -0.39 is 0 Å². The summed E-state index contributed by atoms with van der Waals surface area (Å²) in [6.07, 6.45) is -0.687. The predicted molar refractivity (Wildman–Crippen MR) is 71.1 cm³/mol. The van der Waals surface area contributed by atoms with E-state index in [1.807, 2.05) is 54.6 Å². The second-order valence-corrected chi connectivity index (χ2v) is 4.21. The lowest BCUT2D eigenvalue weighted by atomic mass is 10.1. The van der Waals surface area contributed by atoms with E-state index in [-0.39, 0.29) is 12.3 Å². The molecule has 1 unspecified atom stereocenters. The molecule has 1 fully saturated rings. The maximum Gasteiger partial charge on any atom is 0.419 e. The van der Waals surface area contributed by atoms with Crippen molar-refractivity contribution in [1.29, 1.82) is 0 Å². The van der Waals surface area contributed by atoms with Gasteiger partial charge in [0.2, 0.25) is 6.23 Å². The minimum atomic E-state index is -0.360. The monoisotopic (exact) mass is 255 g/mol. The smallest absolute Gasteiger partial charge is 0.419 e. The van der Waals surface area contributed by atoms with E-state index >= 15 is 0 Å². The maximum atomic E-state index is 11.6. The zero-order valence-electron chi connectivity index (χ0n) is 10.4. The normalized spacial score (nSPS) is 17.6. The molecular formula is C15H13NO3. The molecule has 1 amide bonds. The van der Waals surface area contributed by atoms with E-state index in [9.17, 15) is 4.79 Å². The molecule has 2 aromatic carbocycles. The standard InChI is InChI=1S/C15H13NO3/c1-18-13-9-7-11(8-10-13)14-16(15(17)19-14)12-5-3-2-4-6-12/h2-10,14H,1H3. The summed E-state index contributed by atoms with van der Waals surface area (Å²) in [6.45, 7) is 0.